The van der Waals surface area contributed by atoms with Gasteiger partial charge in [-0.15, -0.1) is 0 Å². The summed E-state index contributed by atoms with van der Waals surface area (Å²) in [6, 6.07) is 25.8. The number of hydrogen-bond acceptors (Lipinski definition) is 3. The smallest absolute Gasteiger partial charge is 0.127 e. The van der Waals surface area contributed by atoms with Gasteiger partial charge in [0.2, 0.25) is 0 Å². The van der Waals surface area contributed by atoms with E-state index in [1.807, 2.05) is 0 Å². The third-order valence-electron chi connectivity index (χ3n) is 5.54. The highest BCUT2D eigenvalue weighted by molar-refractivity contribution is 9.10. The number of nitrogens with one attached hydrogen (secondary N) is 1. The predicted molar refractivity (Wildman–Crippen MR) is 123 cm³/mol. The van der Waals surface area contributed by atoms with Crippen LogP contribution in [0, 0.1) is 0 Å². The van der Waals surface area contributed by atoms with Crippen LogP contribution >= 0.6 is 15.9 Å². The van der Waals surface area contributed by atoms with Crippen LogP contribution in [0.4, 0.5) is 0 Å². The van der Waals surface area contributed by atoms with Crippen molar-refractivity contribution in [1.82, 2.24) is 10.2 Å². The first-order valence-electron chi connectivity index (χ1n) is 10.2. The van der Waals surface area contributed by atoms with Crippen LogP contribution in [-0.4, -0.2) is 38.2 Å². The molecule has 0 atom stereocenters. The summed E-state index contributed by atoms with van der Waals surface area (Å²) in [5.74, 6) is 1.11. The second-order valence-corrected chi connectivity index (χ2v) is 8.38. The van der Waals surface area contributed by atoms with E-state index in [0.717, 1.165) is 42.9 Å². The summed E-state index contributed by atoms with van der Waals surface area (Å²) >= 11 is 3.77. The van der Waals surface area contributed by atoms with Crippen LogP contribution in [0.25, 0.3) is 0 Å². The van der Waals surface area contributed by atoms with Gasteiger partial charge in [0, 0.05) is 54.2 Å². The average Bonchev–Trinajstić information content (AvgIpc) is 2.76. The SMILES string of the molecule is COc1c(CN2CCNCC2)cc(Br)cc1C(c1ccccc1)c1ccccc1. The molecule has 0 bridgehead atoms. The molecule has 0 amide bonds. The maximum Gasteiger partial charge on any atom is 0.127 e. The van der Waals surface area contributed by atoms with Gasteiger partial charge < -0.3 is 10.1 Å². The summed E-state index contributed by atoms with van der Waals surface area (Å²) in [7, 11) is 1.79. The van der Waals surface area contributed by atoms with Crippen LogP contribution < -0.4 is 10.1 Å². The number of benzene rings is 3. The minimum absolute atomic E-state index is 0.117. The van der Waals surface area contributed by atoms with Crippen molar-refractivity contribution in [3.05, 3.63) is 99.5 Å². The third kappa shape index (κ3) is 4.72. The van der Waals surface area contributed by atoms with Gasteiger partial charge in [-0.05, 0) is 23.3 Å². The lowest BCUT2D eigenvalue weighted by atomic mass is 9.84. The van der Waals surface area contributed by atoms with E-state index < -0.39 is 0 Å². The highest BCUT2D eigenvalue weighted by atomic mass is 79.9. The standard InChI is InChI=1S/C25H27BrN2O/c1-29-25-21(18-28-14-12-27-13-15-28)16-22(26)17-23(25)24(19-8-4-2-5-9-19)20-10-6-3-7-11-20/h2-11,16-17,24,27H,12-15,18H2,1H3. The summed E-state index contributed by atoms with van der Waals surface area (Å²) in [6.07, 6.45) is 0. The molecule has 0 spiro atoms. The van der Waals surface area contributed by atoms with Crippen molar-refractivity contribution in [2.45, 2.75) is 12.5 Å². The van der Waals surface area contributed by atoms with Crippen molar-refractivity contribution in [3.63, 3.8) is 0 Å². The molecular weight excluding hydrogens is 424 g/mol. The first kappa shape index (κ1) is 20.1. The molecule has 0 aromatic heterocycles. The van der Waals surface area contributed by atoms with Crippen molar-refractivity contribution >= 4 is 15.9 Å². The zero-order valence-corrected chi connectivity index (χ0v) is 18.4. The van der Waals surface area contributed by atoms with E-state index in [2.05, 4.69) is 98.9 Å². The first-order valence-corrected chi connectivity index (χ1v) is 10.9. The molecule has 4 rings (SSSR count). The fraction of sp³-hybridized carbons (Fsp3) is 0.280. The number of ether oxygens (including phenoxy) is 1. The molecule has 0 saturated carbocycles. The van der Waals surface area contributed by atoms with Gasteiger partial charge in [0.1, 0.15) is 5.75 Å². The van der Waals surface area contributed by atoms with Crippen LogP contribution in [0.1, 0.15) is 28.2 Å². The molecule has 29 heavy (non-hydrogen) atoms. The molecule has 1 N–H and O–H groups in total. The van der Waals surface area contributed by atoms with Crippen molar-refractivity contribution < 1.29 is 4.74 Å². The van der Waals surface area contributed by atoms with E-state index in [0.29, 0.717) is 0 Å². The quantitative estimate of drug-likeness (QED) is 0.532. The fourth-order valence-electron chi connectivity index (χ4n) is 4.21. The molecule has 3 nitrogen and oxygen atoms in total. The number of rotatable bonds is 6. The first-order chi connectivity index (χ1) is 14.3. The lowest BCUT2D eigenvalue weighted by Crippen LogP contribution is -2.42. The average molecular weight is 451 g/mol. The van der Waals surface area contributed by atoms with E-state index in [1.165, 1.54) is 22.3 Å². The predicted octanol–water partition coefficient (Wildman–Crippen LogP) is 5.04. The van der Waals surface area contributed by atoms with Crippen molar-refractivity contribution in [3.8, 4) is 5.75 Å². The highest BCUT2D eigenvalue weighted by Crippen LogP contribution is 2.41. The summed E-state index contributed by atoms with van der Waals surface area (Å²) in [5, 5.41) is 3.43. The van der Waals surface area contributed by atoms with Crippen LogP contribution in [0.5, 0.6) is 5.75 Å². The Morgan fingerprint density at radius 2 is 1.52 bits per heavy atom. The normalized spacial score (nSPS) is 14.9. The zero-order chi connectivity index (χ0) is 20.1. The molecule has 1 aliphatic rings. The monoisotopic (exact) mass is 450 g/mol. The summed E-state index contributed by atoms with van der Waals surface area (Å²) < 4.78 is 7.13. The van der Waals surface area contributed by atoms with Gasteiger partial charge in [0.25, 0.3) is 0 Å². The molecule has 4 heteroatoms. The number of halogens is 1. The van der Waals surface area contributed by atoms with Crippen molar-refractivity contribution in [2.24, 2.45) is 0 Å². The molecule has 1 fully saturated rings. The van der Waals surface area contributed by atoms with E-state index in [1.54, 1.807) is 7.11 Å². The largest absolute Gasteiger partial charge is 0.496 e. The second-order valence-electron chi connectivity index (χ2n) is 7.47. The van der Waals surface area contributed by atoms with E-state index in [9.17, 15) is 0 Å². The number of hydrogen-bond donors (Lipinski definition) is 1. The lowest BCUT2D eigenvalue weighted by molar-refractivity contribution is 0.230. The zero-order valence-electron chi connectivity index (χ0n) is 16.8. The van der Waals surface area contributed by atoms with Gasteiger partial charge in [0.15, 0.2) is 0 Å². The van der Waals surface area contributed by atoms with Crippen molar-refractivity contribution in [1.29, 1.82) is 0 Å². The second kappa shape index (κ2) is 9.57. The number of nitrogens with zero attached hydrogens (tertiary/aromatic N) is 1. The summed E-state index contributed by atoms with van der Waals surface area (Å²) in [4.78, 5) is 2.49. The Labute approximate surface area is 181 Å². The Kier molecular flexibility index (Phi) is 6.65. The Hall–Kier alpha value is -2.14. The molecule has 0 aliphatic carbocycles. The molecule has 1 aliphatic heterocycles. The lowest BCUT2D eigenvalue weighted by Gasteiger charge is -2.29. The molecule has 1 heterocycles. The third-order valence-corrected chi connectivity index (χ3v) is 6.00. The summed E-state index contributed by atoms with van der Waals surface area (Å²) in [6.45, 7) is 5.10. The van der Waals surface area contributed by atoms with Gasteiger partial charge in [-0.2, -0.15) is 0 Å². The molecule has 0 unspecified atom stereocenters. The maximum absolute atomic E-state index is 6.03. The topological polar surface area (TPSA) is 24.5 Å². The molecule has 3 aromatic rings. The molecule has 3 aromatic carbocycles. The highest BCUT2D eigenvalue weighted by Gasteiger charge is 2.24. The molecule has 150 valence electrons. The molecule has 1 saturated heterocycles. The van der Waals surface area contributed by atoms with E-state index in [4.69, 9.17) is 4.74 Å². The van der Waals surface area contributed by atoms with Gasteiger partial charge >= 0.3 is 0 Å². The van der Waals surface area contributed by atoms with Gasteiger partial charge in [0.05, 0.1) is 7.11 Å². The Bertz CT molecular complexity index is 885. The van der Waals surface area contributed by atoms with Crippen LogP contribution in [-0.2, 0) is 6.54 Å². The van der Waals surface area contributed by atoms with E-state index in [-0.39, 0.29) is 5.92 Å². The van der Waals surface area contributed by atoms with Crippen LogP contribution in [0.2, 0.25) is 0 Å². The Balaban J connectivity index is 1.81. The number of piperazine rings is 1. The maximum atomic E-state index is 6.03. The minimum Gasteiger partial charge on any atom is -0.496 e. The van der Waals surface area contributed by atoms with Crippen molar-refractivity contribution in [2.75, 3.05) is 33.3 Å². The van der Waals surface area contributed by atoms with E-state index >= 15 is 0 Å². The molecule has 0 radical (unpaired) electrons. The van der Waals surface area contributed by atoms with Crippen LogP contribution in [0.15, 0.2) is 77.3 Å². The Morgan fingerprint density at radius 1 is 0.931 bits per heavy atom. The summed E-state index contributed by atoms with van der Waals surface area (Å²) in [5.41, 5.74) is 4.96. The Morgan fingerprint density at radius 3 is 2.07 bits per heavy atom. The van der Waals surface area contributed by atoms with Gasteiger partial charge in [-0.3, -0.25) is 4.90 Å². The van der Waals surface area contributed by atoms with Crippen LogP contribution in [0.3, 0.4) is 0 Å². The fourth-order valence-corrected chi connectivity index (χ4v) is 4.73. The van der Waals surface area contributed by atoms with Gasteiger partial charge in [-0.25, -0.2) is 0 Å². The van der Waals surface area contributed by atoms with Gasteiger partial charge in [-0.1, -0.05) is 76.6 Å². The number of methoxy groups -OCH3 is 1. The minimum atomic E-state index is 0.117. The molecular formula is C25H27BrN2O.